The van der Waals surface area contributed by atoms with Gasteiger partial charge in [0.1, 0.15) is 28.0 Å². The number of carbonyl (C=O) groups is 1. The fourth-order valence-electron chi connectivity index (χ4n) is 1.76. The van der Waals surface area contributed by atoms with E-state index in [-0.39, 0.29) is 21.7 Å². The van der Waals surface area contributed by atoms with Crippen LogP contribution in [0.15, 0.2) is 29.0 Å². The van der Waals surface area contributed by atoms with Gasteiger partial charge in [-0.05, 0) is 34.0 Å². The minimum atomic E-state index is -3.33. The van der Waals surface area contributed by atoms with Gasteiger partial charge in [0.15, 0.2) is 0 Å². The van der Waals surface area contributed by atoms with Gasteiger partial charge in [-0.15, -0.1) is 0 Å². The van der Waals surface area contributed by atoms with Crippen LogP contribution in [0.5, 0.6) is 17.4 Å². The molecular formula is C16H11BrF3N3O4. The summed E-state index contributed by atoms with van der Waals surface area (Å²) in [7, 11) is 1.38. The Bertz CT molecular complexity index is 902. The number of benzene rings is 1. The summed E-state index contributed by atoms with van der Waals surface area (Å²) in [5.41, 5.74) is 5.41. The molecule has 0 spiro atoms. The van der Waals surface area contributed by atoms with Gasteiger partial charge in [0.25, 0.3) is 6.36 Å². The smallest absolute Gasteiger partial charge is 0.409 e. The molecule has 0 aliphatic rings. The van der Waals surface area contributed by atoms with Crippen molar-refractivity contribution >= 4 is 22.0 Å². The van der Waals surface area contributed by atoms with Crippen molar-refractivity contribution in [3.05, 3.63) is 40.3 Å². The summed E-state index contributed by atoms with van der Waals surface area (Å²) in [4.78, 5) is 18.2. The van der Waals surface area contributed by atoms with Gasteiger partial charge in [0.2, 0.25) is 5.88 Å². The highest BCUT2D eigenvalue weighted by Gasteiger charge is 2.23. The van der Waals surface area contributed by atoms with E-state index in [1.165, 1.54) is 25.3 Å². The van der Waals surface area contributed by atoms with Crippen molar-refractivity contribution in [1.82, 2.24) is 9.97 Å². The molecule has 0 bridgehead atoms. The minimum Gasteiger partial charge on any atom is -0.495 e. The largest absolute Gasteiger partial charge is 0.495 e. The summed E-state index contributed by atoms with van der Waals surface area (Å²) in [6, 6.07) is 4.34. The fraction of sp³-hybridized carbons (Fsp3) is 0.188. The number of aromatic nitrogens is 2. The molecule has 0 aliphatic carbocycles. The molecule has 2 aromatic rings. The Hall–Kier alpha value is -3.00. The molecule has 0 radical (unpaired) electrons. The fourth-order valence-corrected chi connectivity index (χ4v) is 2.16. The maximum Gasteiger partial charge on any atom is 0.409 e. The van der Waals surface area contributed by atoms with Gasteiger partial charge in [0.05, 0.1) is 12.7 Å². The van der Waals surface area contributed by atoms with Gasteiger partial charge in [-0.3, -0.25) is 0 Å². The number of rotatable bonds is 5. The molecule has 1 unspecified atom stereocenters. The van der Waals surface area contributed by atoms with Crippen molar-refractivity contribution in [3.8, 4) is 29.2 Å². The Morgan fingerprint density at radius 2 is 2.00 bits per heavy atom. The Morgan fingerprint density at radius 3 is 2.63 bits per heavy atom. The van der Waals surface area contributed by atoms with Crippen LogP contribution < -0.4 is 19.9 Å². The predicted octanol–water partition coefficient (Wildman–Crippen LogP) is 3.04. The van der Waals surface area contributed by atoms with Crippen LogP contribution >= 0.6 is 15.9 Å². The lowest BCUT2D eigenvalue weighted by Crippen LogP contribution is -2.20. The SMILES string of the molecule is COc1cc(OC(N)=O)ccc1C#Cc1ncnc(OC(F)C(F)F)c1Br. The lowest BCUT2D eigenvalue weighted by atomic mass is 10.2. The van der Waals surface area contributed by atoms with Gasteiger partial charge in [-0.25, -0.2) is 23.5 Å². The molecule has 1 heterocycles. The molecule has 7 nitrogen and oxygen atoms in total. The molecule has 142 valence electrons. The van der Waals surface area contributed by atoms with Gasteiger partial charge >= 0.3 is 12.5 Å². The van der Waals surface area contributed by atoms with Gasteiger partial charge < -0.3 is 19.9 Å². The predicted molar refractivity (Wildman–Crippen MR) is 90.4 cm³/mol. The molecule has 27 heavy (non-hydrogen) atoms. The first-order valence-electron chi connectivity index (χ1n) is 7.08. The average Bonchev–Trinajstić information content (AvgIpc) is 2.62. The molecule has 11 heteroatoms. The van der Waals surface area contributed by atoms with Crippen molar-refractivity contribution in [1.29, 1.82) is 0 Å². The highest BCUT2D eigenvalue weighted by atomic mass is 79.9. The van der Waals surface area contributed by atoms with Crippen LogP contribution in [0.25, 0.3) is 0 Å². The molecule has 0 saturated heterocycles. The molecule has 2 N–H and O–H groups in total. The number of alkyl halides is 3. The van der Waals surface area contributed by atoms with E-state index < -0.39 is 24.8 Å². The first-order chi connectivity index (χ1) is 12.8. The number of carbonyl (C=O) groups excluding carboxylic acids is 1. The maximum atomic E-state index is 13.0. The van der Waals surface area contributed by atoms with Crippen LogP contribution in [0.1, 0.15) is 11.3 Å². The lowest BCUT2D eigenvalue weighted by molar-refractivity contribution is -0.0695. The molecule has 1 aromatic carbocycles. The first-order valence-corrected chi connectivity index (χ1v) is 7.87. The monoisotopic (exact) mass is 445 g/mol. The van der Waals surface area contributed by atoms with E-state index in [1.807, 2.05) is 0 Å². The summed E-state index contributed by atoms with van der Waals surface area (Å²) in [5, 5.41) is 0. The molecule has 1 atom stereocenters. The second-order valence-electron chi connectivity index (χ2n) is 4.68. The first kappa shape index (κ1) is 20.3. The van der Waals surface area contributed by atoms with Crippen molar-refractivity contribution < 1.29 is 32.2 Å². The third-order valence-corrected chi connectivity index (χ3v) is 3.60. The van der Waals surface area contributed by atoms with E-state index in [0.29, 0.717) is 5.56 Å². The van der Waals surface area contributed by atoms with Crippen molar-refractivity contribution in [2.24, 2.45) is 5.73 Å². The molecule has 0 saturated carbocycles. The quantitative estimate of drug-likeness (QED) is 0.710. The lowest BCUT2D eigenvalue weighted by Gasteiger charge is -2.10. The van der Waals surface area contributed by atoms with Crippen LogP contribution in [0, 0.1) is 11.8 Å². The number of ether oxygens (including phenoxy) is 3. The van der Waals surface area contributed by atoms with E-state index in [9.17, 15) is 18.0 Å². The van der Waals surface area contributed by atoms with E-state index in [0.717, 1.165) is 6.33 Å². The Balaban J connectivity index is 2.31. The summed E-state index contributed by atoms with van der Waals surface area (Å²) in [6.45, 7) is 0. The zero-order chi connectivity index (χ0) is 20.0. The number of nitrogens with zero attached hydrogens (tertiary/aromatic N) is 2. The molecular weight excluding hydrogens is 435 g/mol. The molecule has 2 rings (SSSR count). The Morgan fingerprint density at radius 1 is 1.26 bits per heavy atom. The van der Waals surface area contributed by atoms with E-state index in [2.05, 4.69) is 42.5 Å². The zero-order valence-electron chi connectivity index (χ0n) is 13.6. The minimum absolute atomic E-state index is 0.00782. The highest BCUT2D eigenvalue weighted by molar-refractivity contribution is 9.10. The number of primary amides is 1. The highest BCUT2D eigenvalue weighted by Crippen LogP contribution is 2.27. The average molecular weight is 446 g/mol. The standard InChI is InChI=1S/C16H11BrF3N3O4/c1-25-11-6-9(26-16(21)24)4-2-8(11)3-5-10-12(17)15(23-7-22-10)27-14(20)13(18)19/h2,4,6-7,13-14H,1H3,(H2,21,24). The number of methoxy groups -OCH3 is 1. The van der Waals surface area contributed by atoms with E-state index in [4.69, 9.17) is 15.2 Å². The van der Waals surface area contributed by atoms with Crippen LogP contribution in [0.3, 0.4) is 0 Å². The second-order valence-corrected chi connectivity index (χ2v) is 5.47. The number of nitrogens with two attached hydrogens (primary N) is 1. The number of hydrogen-bond donors (Lipinski definition) is 1. The van der Waals surface area contributed by atoms with E-state index in [1.54, 1.807) is 0 Å². The topological polar surface area (TPSA) is 96.6 Å². The Kier molecular flexibility index (Phi) is 6.84. The summed E-state index contributed by atoms with van der Waals surface area (Å²) in [6.07, 6.45) is -6.16. The van der Waals surface area contributed by atoms with Crippen molar-refractivity contribution in [3.63, 3.8) is 0 Å². The maximum absolute atomic E-state index is 13.0. The summed E-state index contributed by atoms with van der Waals surface area (Å²) in [5.74, 6) is 5.42. The number of halogens is 4. The zero-order valence-corrected chi connectivity index (χ0v) is 15.2. The number of amides is 1. The van der Waals surface area contributed by atoms with Crippen molar-refractivity contribution in [2.75, 3.05) is 7.11 Å². The molecule has 0 fully saturated rings. The van der Waals surface area contributed by atoms with Gasteiger partial charge in [-0.2, -0.15) is 4.39 Å². The number of hydrogen-bond acceptors (Lipinski definition) is 6. The van der Waals surface area contributed by atoms with E-state index >= 15 is 0 Å². The summed E-state index contributed by atoms with van der Waals surface area (Å²) >= 11 is 3.04. The van der Waals surface area contributed by atoms with Crippen molar-refractivity contribution in [2.45, 2.75) is 12.8 Å². The normalized spacial score (nSPS) is 11.3. The second kappa shape index (κ2) is 9.09. The molecule has 0 aliphatic heterocycles. The third kappa shape index (κ3) is 5.49. The third-order valence-electron chi connectivity index (χ3n) is 2.89. The van der Waals surface area contributed by atoms with Crippen LogP contribution in [-0.4, -0.2) is 36.0 Å². The van der Waals surface area contributed by atoms with Crippen LogP contribution in [-0.2, 0) is 0 Å². The van der Waals surface area contributed by atoms with Crippen LogP contribution in [0.4, 0.5) is 18.0 Å². The van der Waals surface area contributed by atoms with Gasteiger partial charge in [-0.1, -0.05) is 5.92 Å². The summed E-state index contributed by atoms with van der Waals surface area (Å²) < 4.78 is 51.9. The Labute approximate surface area is 159 Å². The van der Waals surface area contributed by atoms with Gasteiger partial charge in [0, 0.05) is 6.07 Å². The molecule has 1 amide bonds. The molecule has 1 aromatic heterocycles. The van der Waals surface area contributed by atoms with Crippen LogP contribution in [0.2, 0.25) is 0 Å².